The molecular weight excluding hydrogens is 259 g/mol. The van der Waals surface area contributed by atoms with E-state index in [-0.39, 0.29) is 11.5 Å². The molecule has 0 bridgehead atoms. The van der Waals surface area contributed by atoms with Crippen molar-refractivity contribution >= 4 is 7.69 Å². The summed E-state index contributed by atoms with van der Waals surface area (Å²) >= 11 is 0. The fourth-order valence-corrected chi connectivity index (χ4v) is 1.17. The van der Waals surface area contributed by atoms with Crippen LogP contribution in [0.15, 0.2) is 31.6 Å². The molecule has 0 atom stereocenters. The second-order valence-corrected chi connectivity index (χ2v) is 3.28. The van der Waals surface area contributed by atoms with Gasteiger partial charge < -0.3 is 19.3 Å². The summed E-state index contributed by atoms with van der Waals surface area (Å²) in [5.41, 5.74) is -2.81. The van der Waals surface area contributed by atoms with Gasteiger partial charge in [-0.2, -0.15) is 0 Å². The lowest BCUT2D eigenvalue weighted by Gasteiger charge is -2.04. The summed E-state index contributed by atoms with van der Waals surface area (Å²) in [6.45, 7) is 0. The number of aromatic nitrogens is 4. The van der Waals surface area contributed by atoms with Crippen molar-refractivity contribution in [1.82, 2.24) is 19.9 Å². The molecule has 2 heterocycles. The van der Waals surface area contributed by atoms with Crippen molar-refractivity contribution in [2.75, 3.05) is 0 Å². The maximum atomic E-state index is 11.2. The largest absolute Gasteiger partial charge is 0.576 e. The maximum absolute atomic E-state index is 11.2. The highest BCUT2D eigenvalue weighted by Gasteiger charge is 2.06. The van der Waals surface area contributed by atoms with Crippen LogP contribution in [0.1, 0.15) is 0 Å². The second kappa shape index (κ2) is 5.12. The fourth-order valence-electron chi connectivity index (χ4n) is 1.17. The van der Waals surface area contributed by atoms with Gasteiger partial charge in [0.15, 0.2) is 11.5 Å². The fraction of sp³-hybridized carbons (Fsp3) is 0. The van der Waals surface area contributed by atoms with Crippen molar-refractivity contribution in [3.63, 3.8) is 0 Å². The molecule has 0 aliphatic carbocycles. The number of nitrogens with one attached hydrogen (secondary N) is 4. The average molecular weight is 266 g/mol. The van der Waals surface area contributed by atoms with Crippen LogP contribution >= 0.6 is 0 Å². The monoisotopic (exact) mass is 266 g/mol. The normalized spacial score (nSPS) is 9.89. The number of hydrogen-bond acceptors (Lipinski definition) is 6. The molecule has 0 saturated carbocycles. The van der Waals surface area contributed by atoms with Crippen LogP contribution in [0.25, 0.3) is 0 Å². The predicted octanol–water partition coefficient (Wildman–Crippen LogP) is -2.84. The van der Waals surface area contributed by atoms with Gasteiger partial charge in [-0.05, 0) is 0 Å². The highest BCUT2D eigenvalue weighted by Crippen LogP contribution is 1.98. The van der Waals surface area contributed by atoms with Gasteiger partial charge in [-0.3, -0.25) is 19.6 Å². The lowest BCUT2D eigenvalue weighted by atomic mass is 10.3. The highest BCUT2D eigenvalue weighted by atomic mass is 16.6. The van der Waals surface area contributed by atoms with Gasteiger partial charge in [0.25, 0.3) is 11.1 Å². The van der Waals surface area contributed by atoms with E-state index in [9.17, 15) is 19.2 Å². The maximum Gasteiger partial charge on any atom is 0.576 e. The molecule has 0 aliphatic heterocycles. The molecule has 0 unspecified atom stereocenters. The number of aromatic amines is 4. The quantitative estimate of drug-likeness (QED) is 0.438. The average Bonchev–Trinajstić information content (AvgIpc) is 2.34. The van der Waals surface area contributed by atoms with Crippen LogP contribution < -0.4 is 31.8 Å². The number of hydrogen-bond donors (Lipinski definition) is 4. The molecule has 4 N–H and O–H groups in total. The molecule has 2 aromatic rings. The van der Waals surface area contributed by atoms with Gasteiger partial charge in [-0.1, -0.05) is 0 Å². The standard InChI is InChI=1S/C8H7BN4O6/c14-5-3(1-10-7(16)12-5)18-9-19-4-2-11-8(17)13-6(4)15/h1-2,9H,(H2,10,12,14,16)(H2,11,13,15,17). The van der Waals surface area contributed by atoms with E-state index in [1.807, 2.05) is 9.97 Å². The van der Waals surface area contributed by atoms with Crippen LogP contribution in [0, 0.1) is 0 Å². The molecule has 19 heavy (non-hydrogen) atoms. The Hall–Kier alpha value is -2.98. The summed E-state index contributed by atoms with van der Waals surface area (Å²) in [6, 6.07) is 0. The first-order valence-corrected chi connectivity index (χ1v) is 4.96. The van der Waals surface area contributed by atoms with Crippen LogP contribution in [0.2, 0.25) is 0 Å². The van der Waals surface area contributed by atoms with E-state index in [1.165, 1.54) is 0 Å². The van der Waals surface area contributed by atoms with Crippen molar-refractivity contribution in [3.05, 3.63) is 54.1 Å². The van der Waals surface area contributed by atoms with Gasteiger partial charge in [-0.15, -0.1) is 0 Å². The van der Waals surface area contributed by atoms with E-state index < -0.39 is 30.2 Å². The molecule has 0 spiro atoms. The minimum atomic E-state index is -0.734. The van der Waals surface area contributed by atoms with Gasteiger partial charge in [0.2, 0.25) is 0 Å². The minimum Gasteiger partial charge on any atom is -0.524 e. The van der Waals surface area contributed by atoms with Crippen LogP contribution in [0.4, 0.5) is 0 Å². The summed E-state index contributed by atoms with van der Waals surface area (Å²) in [5, 5.41) is 0. The van der Waals surface area contributed by atoms with E-state index in [0.717, 1.165) is 12.4 Å². The van der Waals surface area contributed by atoms with Gasteiger partial charge >= 0.3 is 19.1 Å². The summed E-state index contributed by atoms with van der Waals surface area (Å²) in [7, 11) is -0.454. The molecule has 2 rings (SSSR count). The molecular formula is C8H7BN4O6. The molecule has 0 aromatic carbocycles. The smallest absolute Gasteiger partial charge is 0.524 e. The van der Waals surface area contributed by atoms with Gasteiger partial charge in [0.05, 0.1) is 12.4 Å². The Morgan fingerprint density at radius 1 is 0.789 bits per heavy atom. The Morgan fingerprint density at radius 3 is 1.58 bits per heavy atom. The first kappa shape index (κ1) is 12.5. The molecule has 0 saturated heterocycles. The van der Waals surface area contributed by atoms with Crippen LogP contribution in [-0.2, 0) is 0 Å². The molecule has 98 valence electrons. The van der Waals surface area contributed by atoms with E-state index in [1.54, 1.807) is 0 Å². The Bertz CT molecular complexity index is 734. The Kier molecular flexibility index (Phi) is 3.36. The SMILES string of the molecule is O=c1[nH]cc(OBOc2c[nH]c(=O)[nH]c2=O)c(=O)[nH]1. The minimum absolute atomic E-state index is 0.180. The van der Waals surface area contributed by atoms with E-state index >= 15 is 0 Å². The van der Waals surface area contributed by atoms with Crippen molar-refractivity contribution in [1.29, 1.82) is 0 Å². The van der Waals surface area contributed by atoms with E-state index in [0.29, 0.717) is 0 Å². The zero-order valence-electron chi connectivity index (χ0n) is 9.31. The highest BCUT2D eigenvalue weighted by molar-refractivity contribution is 6.20. The Morgan fingerprint density at radius 2 is 1.21 bits per heavy atom. The van der Waals surface area contributed by atoms with Crippen molar-refractivity contribution < 1.29 is 9.31 Å². The summed E-state index contributed by atoms with van der Waals surface area (Å²) in [6.07, 6.45) is 2.11. The lowest BCUT2D eigenvalue weighted by Crippen LogP contribution is -2.27. The van der Waals surface area contributed by atoms with E-state index in [4.69, 9.17) is 9.31 Å². The topological polar surface area (TPSA) is 150 Å². The zero-order chi connectivity index (χ0) is 13.8. The first-order valence-electron chi connectivity index (χ1n) is 4.96. The third-order valence-corrected chi connectivity index (χ3v) is 2.00. The van der Waals surface area contributed by atoms with Crippen LogP contribution in [0.3, 0.4) is 0 Å². The lowest BCUT2D eigenvalue weighted by molar-refractivity contribution is 0.447. The number of rotatable bonds is 4. The molecule has 2 aromatic heterocycles. The molecule has 0 aliphatic rings. The van der Waals surface area contributed by atoms with Crippen LogP contribution in [0.5, 0.6) is 11.5 Å². The second-order valence-electron chi connectivity index (χ2n) is 3.28. The first-order chi connectivity index (χ1) is 9.06. The molecule has 11 heteroatoms. The Balaban J connectivity index is 2.04. The van der Waals surface area contributed by atoms with Gasteiger partial charge in [-0.25, -0.2) is 9.59 Å². The molecule has 0 fully saturated rings. The van der Waals surface area contributed by atoms with Gasteiger partial charge in [0.1, 0.15) is 0 Å². The third-order valence-electron chi connectivity index (χ3n) is 2.00. The summed E-state index contributed by atoms with van der Waals surface area (Å²) in [4.78, 5) is 52.2. The predicted molar refractivity (Wildman–Crippen MR) is 63.8 cm³/mol. The van der Waals surface area contributed by atoms with Crippen LogP contribution in [-0.4, -0.2) is 27.6 Å². The zero-order valence-corrected chi connectivity index (χ0v) is 9.31. The Labute approximate surface area is 103 Å². The van der Waals surface area contributed by atoms with E-state index in [2.05, 4.69) is 9.97 Å². The van der Waals surface area contributed by atoms with Gasteiger partial charge in [0, 0.05) is 0 Å². The molecule has 0 amide bonds. The van der Waals surface area contributed by atoms with Crippen molar-refractivity contribution in [2.24, 2.45) is 0 Å². The third kappa shape index (κ3) is 3.03. The number of H-pyrrole nitrogens is 4. The van der Waals surface area contributed by atoms with Crippen molar-refractivity contribution in [3.8, 4) is 11.5 Å². The molecule has 10 nitrogen and oxygen atoms in total. The summed E-state index contributed by atoms with van der Waals surface area (Å²) < 4.78 is 9.80. The van der Waals surface area contributed by atoms with Crippen molar-refractivity contribution in [2.45, 2.75) is 0 Å². The molecule has 0 radical (unpaired) electrons. The summed E-state index contributed by atoms with van der Waals surface area (Å²) in [5.74, 6) is -0.360.